The van der Waals surface area contributed by atoms with E-state index >= 15 is 0 Å². The molecule has 1 aromatic heterocycles. The molecule has 0 saturated carbocycles. The van der Waals surface area contributed by atoms with Gasteiger partial charge in [-0.2, -0.15) is 9.49 Å². The van der Waals surface area contributed by atoms with Gasteiger partial charge in [0.05, 0.1) is 11.2 Å². The lowest BCUT2D eigenvalue weighted by Crippen LogP contribution is -2.41. The van der Waals surface area contributed by atoms with E-state index in [1.807, 2.05) is 27.7 Å². The van der Waals surface area contributed by atoms with Crippen molar-refractivity contribution in [2.75, 3.05) is 0 Å². The van der Waals surface area contributed by atoms with E-state index in [2.05, 4.69) is 10.2 Å². The second-order valence-electron chi connectivity index (χ2n) is 4.90. The first kappa shape index (κ1) is 11.5. The second kappa shape index (κ2) is 3.50. The van der Waals surface area contributed by atoms with Crippen LogP contribution in [0, 0.1) is 5.95 Å². The normalized spacial score (nSPS) is 22.4. The number of rotatable bonds is 1. The van der Waals surface area contributed by atoms with E-state index in [9.17, 15) is 4.39 Å². The third kappa shape index (κ3) is 1.83. The second-order valence-corrected chi connectivity index (χ2v) is 4.90. The van der Waals surface area contributed by atoms with E-state index in [1.54, 1.807) is 0 Å². The fraction of sp³-hybridized carbons (Fsp3) is 0.600. The highest BCUT2D eigenvalue weighted by Gasteiger charge is 2.51. The molecule has 1 fully saturated rings. The van der Waals surface area contributed by atoms with Crippen LogP contribution in [0.2, 0.25) is 0 Å². The summed E-state index contributed by atoms with van der Waals surface area (Å²) in [4.78, 5) is 0. The van der Waals surface area contributed by atoms with Gasteiger partial charge in [-0.05, 0) is 33.8 Å². The van der Waals surface area contributed by atoms with Gasteiger partial charge < -0.3 is 9.31 Å². The molecule has 0 N–H and O–H groups in total. The van der Waals surface area contributed by atoms with Gasteiger partial charge in [0, 0.05) is 11.7 Å². The van der Waals surface area contributed by atoms with Crippen LogP contribution in [0.4, 0.5) is 4.39 Å². The molecule has 1 saturated heterocycles. The maximum atomic E-state index is 12.9. The van der Waals surface area contributed by atoms with Gasteiger partial charge in [-0.15, -0.1) is 5.10 Å². The fourth-order valence-corrected chi connectivity index (χ4v) is 1.46. The van der Waals surface area contributed by atoms with Crippen LogP contribution < -0.4 is 5.46 Å². The molecule has 0 aliphatic carbocycles. The average molecular weight is 224 g/mol. The molecule has 16 heavy (non-hydrogen) atoms. The zero-order chi connectivity index (χ0) is 12.0. The molecule has 0 radical (unpaired) electrons. The van der Waals surface area contributed by atoms with Crippen molar-refractivity contribution in [1.29, 1.82) is 0 Å². The molecular weight excluding hydrogens is 210 g/mol. The highest BCUT2D eigenvalue weighted by molar-refractivity contribution is 6.62. The van der Waals surface area contributed by atoms with Gasteiger partial charge in [-0.25, -0.2) is 0 Å². The highest BCUT2D eigenvalue weighted by Crippen LogP contribution is 2.36. The summed E-state index contributed by atoms with van der Waals surface area (Å²) < 4.78 is 24.4. The van der Waals surface area contributed by atoms with E-state index in [0.717, 1.165) is 0 Å². The van der Waals surface area contributed by atoms with Crippen LogP contribution in [0.3, 0.4) is 0 Å². The van der Waals surface area contributed by atoms with E-state index in [-0.39, 0.29) is 0 Å². The molecule has 0 amide bonds. The van der Waals surface area contributed by atoms with Gasteiger partial charge in [-0.3, -0.25) is 0 Å². The Morgan fingerprint density at radius 2 is 1.75 bits per heavy atom. The lowest BCUT2D eigenvalue weighted by Gasteiger charge is -2.32. The van der Waals surface area contributed by atoms with Crippen molar-refractivity contribution in [2.24, 2.45) is 0 Å². The largest absolute Gasteiger partial charge is 0.496 e. The molecule has 0 bridgehead atoms. The Morgan fingerprint density at radius 3 is 2.25 bits per heavy atom. The maximum Gasteiger partial charge on any atom is 0.496 e. The molecule has 1 aliphatic heterocycles. The summed E-state index contributed by atoms with van der Waals surface area (Å²) in [7, 11) is -0.588. The SMILES string of the molecule is CC1(C)OB(c2cnnc(F)c2)OC1(C)C. The van der Waals surface area contributed by atoms with Crippen LogP contribution in [0.5, 0.6) is 0 Å². The van der Waals surface area contributed by atoms with Gasteiger partial charge >= 0.3 is 7.12 Å². The molecular formula is C10H14BFN2O2. The van der Waals surface area contributed by atoms with Crippen molar-refractivity contribution in [1.82, 2.24) is 10.2 Å². The summed E-state index contributed by atoms with van der Waals surface area (Å²) in [6.45, 7) is 7.77. The maximum absolute atomic E-state index is 12.9. The predicted octanol–water partition coefficient (Wildman–Crippen LogP) is 0.915. The number of halogens is 1. The van der Waals surface area contributed by atoms with Crippen molar-refractivity contribution in [3.05, 3.63) is 18.2 Å². The minimum Gasteiger partial charge on any atom is -0.399 e. The van der Waals surface area contributed by atoms with Crippen LogP contribution in [0.25, 0.3) is 0 Å². The van der Waals surface area contributed by atoms with Crippen molar-refractivity contribution in [2.45, 2.75) is 38.9 Å². The van der Waals surface area contributed by atoms with E-state index in [4.69, 9.17) is 9.31 Å². The van der Waals surface area contributed by atoms with Crippen LogP contribution >= 0.6 is 0 Å². The molecule has 4 nitrogen and oxygen atoms in total. The predicted molar refractivity (Wildman–Crippen MR) is 57.7 cm³/mol. The van der Waals surface area contributed by atoms with Gasteiger partial charge in [0.1, 0.15) is 0 Å². The Labute approximate surface area is 94.3 Å². The Morgan fingerprint density at radius 1 is 1.19 bits per heavy atom. The zero-order valence-electron chi connectivity index (χ0n) is 9.82. The molecule has 0 aromatic carbocycles. The van der Waals surface area contributed by atoms with Gasteiger partial charge in [-0.1, -0.05) is 0 Å². The topological polar surface area (TPSA) is 44.2 Å². The molecule has 2 rings (SSSR count). The lowest BCUT2D eigenvalue weighted by molar-refractivity contribution is 0.00578. The number of aromatic nitrogens is 2. The Kier molecular flexibility index (Phi) is 2.51. The number of nitrogens with zero attached hydrogens (tertiary/aromatic N) is 2. The fourth-order valence-electron chi connectivity index (χ4n) is 1.46. The standard InChI is InChI=1S/C10H14BFN2O2/c1-9(2)10(3,4)16-11(15-9)7-5-8(12)14-13-6-7/h5-6H,1-4H3. The summed E-state index contributed by atoms with van der Waals surface area (Å²) in [5.41, 5.74) is -0.319. The monoisotopic (exact) mass is 224 g/mol. The van der Waals surface area contributed by atoms with Crippen molar-refractivity contribution in [3.8, 4) is 0 Å². The van der Waals surface area contributed by atoms with E-state index in [0.29, 0.717) is 5.46 Å². The van der Waals surface area contributed by atoms with E-state index in [1.165, 1.54) is 12.3 Å². The summed E-state index contributed by atoms with van der Waals surface area (Å²) >= 11 is 0. The summed E-state index contributed by atoms with van der Waals surface area (Å²) in [6, 6.07) is 1.27. The van der Waals surface area contributed by atoms with Gasteiger partial charge in [0.25, 0.3) is 0 Å². The van der Waals surface area contributed by atoms with Crippen molar-refractivity contribution < 1.29 is 13.7 Å². The summed E-state index contributed by atoms with van der Waals surface area (Å²) in [6.07, 6.45) is 1.45. The Balaban J connectivity index is 2.27. The molecule has 0 spiro atoms. The first-order valence-corrected chi connectivity index (χ1v) is 5.16. The lowest BCUT2D eigenvalue weighted by atomic mass is 9.81. The van der Waals surface area contributed by atoms with Crippen LogP contribution in [0.1, 0.15) is 27.7 Å². The van der Waals surface area contributed by atoms with Crippen molar-refractivity contribution in [3.63, 3.8) is 0 Å². The average Bonchev–Trinajstić information content (AvgIpc) is 2.36. The van der Waals surface area contributed by atoms with Crippen LogP contribution in [0.15, 0.2) is 12.3 Å². The molecule has 2 heterocycles. The van der Waals surface area contributed by atoms with Gasteiger partial charge in [0.2, 0.25) is 5.95 Å². The molecule has 0 unspecified atom stereocenters. The van der Waals surface area contributed by atoms with E-state index < -0.39 is 24.3 Å². The Hall–Kier alpha value is -1.01. The minimum absolute atomic E-state index is 0.433. The smallest absolute Gasteiger partial charge is 0.399 e. The summed E-state index contributed by atoms with van der Waals surface area (Å²) in [5, 5.41) is 6.80. The Bertz CT molecular complexity index is 396. The first-order valence-electron chi connectivity index (χ1n) is 5.16. The number of hydrogen-bond donors (Lipinski definition) is 0. The minimum atomic E-state index is -0.632. The molecule has 1 aliphatic rings. The zero-order valence-corrected chi connectivity index (χ0v) is 9.82. The summed E-state index contributed by atoms with van der Waals surface area (Å²) in [5.74, 6) is -0.632. The van der Waals surface area contributed by atoms with Crippen LogP contribution in [-0.2, 0) is 9.31 Å². The van der Waals surface area contributed by atoms with Crippen molar-refractivity contribution >= 4 is 12.6 Å². The van der Waals surface area contributed by atoms with Crippen LogP contribution in [-0.4, -0.2) is 28.5 Å². The quantitative estimate of drug-likeness (QED) is 0.665. The highest BCUT2D eigenvalue weighted by atomic mass is 19.1. The third-order valence-electron chi connectivity index (χ3n) is 3.17. The molecule has 0 atom stereocenters. The third-order valence-corrected chi connectivity index (χ3v) is 3.17. The number of hydrogen-bond acceptors (Lipinski definition) is 4. The molecule has 6 heteroatoms. The first-order chi connectivity index (χ1) is 7.32. The molecule has 1 aromatic rings. The molecule has 86 valence electrons. The van der Waals surface area contributed by atoms with Gasteiger partial charge in [0.15, 0.2) is 0 Å².